The van der Waals surface area contributed by atoms with Gasteiger partial charge in [0.25, 0.3) is 5.19 Å². The number of ether oxygens (including phenoxy) is 2. The zero-order valence-corrected chi connectivity index (χ0v) is 10.9. The molecular weight excluding hydrogens is 258 g/mol. The van der Waals surface area contributed by atoms with Gasteiger partial charge in [-0.3, -0.25) is 0 Å². The predicted octanol–water partition coefficient (Wildman–Crippen LogP) is 4.38. The fourth-order valence-corrected chi connectivity index (χ4v) is 2.05. The average molecular weight is 270 g/mol. The Morgan fingerprint density at radius 1 is 1.29 bits per heavy atom. The van der Waals surface area contributed by atoms with E-state index in [-0.39, 0.29) is 0 Å². The van der Waals surface area contributed by atoms with E-state index < -0.39 is 0 Å². The lowest BCUT2D eigenvalue weighted by Gasteiger charge is -2.09. The first-order valence-electron chi connectivity index (χ1n) is 5.30. The lowest BCUT2D eigenvalue weighted by Crippen LogP contribution is -1.97. The summed E-state index contributed by atoms with van der Waals surface area (Å²) in [6.45, 7) is 2.73. The molecule has 0 atom stereocenters. The van der Waals surface area contributed by atoms with Gasteiger partial charge in [0.05, 0.1) is 6.61 Å². The van der Waals surface area contributed by atoms with E-state index in [1.165, 1.54) is 11.3 Å². The second kappa shape index (κ2) is 5.89. The number of rotatable bonds is 5. The SMILES string of the molecule is CCCOc1ccccc1Oc1nc(Cl)cs1. The molecule has 5 heteroatoms. The molecule has 0 spiro atoms. The summed E-state index contributed by atoms with van der Waals surface area (Å²) in [5.74, 6) is 1.38. The molecular formula is C12H12ClNO2S. The Morgan fingerprint density at radius 2 is 2.06 bits per heavy atom. The second-order valence-corrected chi connectivity index (χ2v) is 4.54. The van der Waals surface area contributed by atoms with Crippen LogP contribution in [0.25, 0.3) is 0 Å². The molecule has 0 aliphatic rings. The van der Waals surface area contributed by atoms with Crippen LogP contribution in [0.1, 0.15) is 13.3 Å². The van der Waals surface area contributed by atoms with Gasteiger partial charge in [0, 0.05) is 5.38 Å². The van der Waals surface area contributed by atoms with Crippen LogP contribution in [0.4, 0.5) is 0 Å². The van der Waals surface area contributed by atoms with Gasteiger partial charge in [0.1, 0.15) is 5.15 Å². The van der Waals surface area contributed by atoms with Gasteiger partial charge in [-0.1, -0.05) is 42.0 Å². The normalized spacial score (nSPS) is 10.2. The van der Waals surface area contributed by atoms with E-state index in [0.29, 0.717) is 22.7 Å². The zero-order valence-electron chi connectivity index (χ0n) is 9.35. The molecule has 17 heavy (non-hydrogen) atoms. The number of nitrogens with zero attached hydrogens (tertiary/aromatic N) is 1. The van der Waals surface area contributed by atoms with Crippen molar-refractivity contribution in [2.24, 2.45) is 0 Å². The Morgan fingerprint density at radius 3 is 2.71 bits per heavy atom. The highest BCUT2D eigenvalue weighted by molar-refractivity contribution is 7.11. The Bertz CT molecular complexity index is 487. The van der Waals surface area contributed by atoms with Crippen LogP contribution in [-0.2, 0) is 0 Å². The molecule has 3 nitrogen and oxygen atoms in total. The quantitative estimate of drug-likeness (QED) is 0.807. The molecule has 1 aromatic carbocycles. The summed E-state index contributed by atoms with van der Waals surface area (Å²) in [6.07, 6.45) is 0.956. The molecule has 0 radical (unpaired) electrons. The molecule has 2 rings (SSSR count). The smallest absolute Gasteiger partial charge is 0.280 e. The molecule has 1 aromatic heterocycles. The molecule has 0 aliphatic carbocycles. The van der Waals surface area contributed by atoms with Crippen LogP contribution in [0.15, 0.2) is 29.6 Å². The van der Waals surface area contributed by atoms with Crippen LogP contribution < -0.4 is 9.47 Å². The molecule has 0 amide bonds. The summed E-state index contributed by atoms with van der Waals surface area (Å²) in [6, 6.07) is 7.52. The minimum absolute atomic E-state index is 0.442. The van der Waals surface area contributed by atoms with Crippen LogP contribution in [-0.4, -0.2) is 11.6 Å². The van der Waals surface area contributed by atoms with Crippen molar-refractivity contribution in [3.63, 3.8) is 0 Å². The molecule has 0 N–H and O–H groups in total. The Labute approximate surface area is 109 Å². The number of halogens is 1. The number of hydrogen-bond donors (Lipinski definition) is 0. The molecule has 0 unspecified atom stereocenters. The number of thiazole rings is 1. The van der Waals surface area contributed by atoms with E-state index in [1.807, 2.05) is 24.3 Å². The first kappa shape index (κ1) is 12.2. The Hall–Kier alpha value is -1.26. The van der Waals surface area contributed by atoms with Crippen LogP contribution in [0, 0.1) is 0 Å². The van der Waals surface area contributed by atoms with E-state index in [2.05, 4.69) is 11.9 Å². The standard InChI is InChI=1S/C12H12ClNO2S/c1-2-7-15-9-5-3-4-6-10(9)16-12-14-11(13)8-17-12/h3-6,8H,2,7H2,1H3. The lowest BCUT2D eigenvalue weighted by atomic mass is 10.3. The van der Waals surface area contributed by atoms with Gasteiger partial charge in [0.2, 0.25) is 0 Å². The summed E-state index contributed by atoms with van der Waals surface area (Å²) in [4.78, 5) is 4.03. The van der Waals surface area contributed by atoms with Crippen LogP contribution in [0.2, 0.25) is 5.15 Å². The third-order valence-corrected chi connectivity index (χ3v) is 3.00. The third-order valence-electron chi connectivity index (χ3n) is 1.96. The van der Waals surface area contributed by atoms with E-state index >= 15 is 0 Å². The maximum atomic E-state index is 5.74. The summed E-state index contributed by atoms with van der Waals surface area (Å²) >= 11 is 7.09. The number of hydrogen-bond acceptors (Lipinski definition) is 4. The predicted molar refractivity (Wildman–Crippen MR) is 69.4 cm³/mol. The first-order chi connectivity index (χ1) is 8.29. The molecule has 90 valence electrons. The van der Waals surface area contributed by atoms with E-state index in [9.17, 15) is 0 Å². The van der Waals surface area contributed by atoms with E-state index in [4.69, 9.17) is 21.1 Å². The summed E-state index contributed by atoms with van der Waals surface area (Å²) < 4.78 is 11.2. The van der Waals surface area contributed by atoms with Crippen molar-refractivity contribution in [1.82, 2.24) is 4.98 Å². The highest BCUT2D eigenvalue weighted by Gasteiger charge is 2.07. The van der Waals surface area contributed by atoms with Crippen molar-refractivity contribution in [2.45, 2.75) is 13.3 Å². The van der Waals surface area contributed by atoms with Crippen molar-refractivity contribution in [1.29, 1.82) is 0 Å². The number of para-hydroxylation sites is 2. The monoisotopic (exact) mass is 269 g/mol. The average Bonchev–Trinajstić information content (AvgIpc) is 2.74. The van der Waals surface area contributed by atoms with Gasteiger partial charge in [-0.25, -0.2) is 0 Å². The van der Waals surface area contributed by atoms with Crippen LogP contribution >= 0.6 is 22.9 Å². The van der Waals surface area contributed by atoms with Gasteiger partial charge in [0.15, 0.2) is 11.5 Å². The van der Waals surface area contributed by atoms with Crippen molar-refractivity contribution in [3.05, 3.63) is 34.8 Å². The topological polar surface area (TPSA) is 31.4 Å². The number of aromatic nitrogens is 1. The van der Waals surface area contributed by atoms with Crippen molar-refractivity contribution in [2.75, 3.05) is 6.61 Å². The molecule has 0 bridgehead atoms. The van der Waals surface area contributed by atoms with Crippen LogP contribution in [0.3, 0.4) is 0 Å². The molecule has 0 aliphatic heterocycles. The largest absolute Gasteiger partial charge is 0.490 e. The minimum Gasteiger partial charge on any atom is -0.490 e. The Balaban J connectivity index is 2.14. The highest BCUT2D eigenvalue weighted by atomic mass is 35.5. The fourth-order valence-electron chi connectivity index (χ4n) is 1.25. The minimum atomic E-state index is 0.442. The summed E-state index contributed by atoms with van der Waals surface area (Å²) in [5, 5.41) is 2.69. The maximum absolute atomic E-state index is 5.74. The van der Waals surface area contributed by atoms with Crippen LogP contribution in [0.5, 0.6) is 16.7 Å². The molecule has 0 saturated carbocycles. The van der Waals surface area contributed by atoms with Crippen molar-refractivity contribution in [3.8, 4) is 16.7 Å². The zero-order chi connectivity index (χ0) is 12.1. The lowest BCUT2D eigenvalue weighted by molar-refractivity contribution is 0.302. The molecule has 1 heterocycles. The van der Waals surface area contributed by atoms with Gasteiger partial charge in [-0.2, -0.15) is 4.98 Å². The molecule has 0 fully saturated rings. The molecule has 2 aromatic rings. The number of benzene rings is 1. The van der Waals surface area contributed by atoms with E-state index in [0.717, 1.165) is 12.2 Å². The fraction of sp³-hybridized carbons (Fsp3) is 0.250. The van der Waals surface area contributed by atoms with Crippen molar-refractivity contribution >= 4 is 22.9 Å². The summed E-state index contributed by atoms with van der Waals surface area (Å²) in [7, 11) is 0. The maximum Gasteiger partial charge on any atom is 0.280 e. The Kier molecular flexibility index (Phi) is 4.23. The van der Waals surface area contributed by atoms with Gasteiger partial charge in [-0.05, 0) is 18.6 Å². The summed E-state index contributed by atoms with van der Waals surface area (Å²) in [5.41, 5.74) is 0. The van der Waals surface area contributed by atoms with Gasteiger partial charge in [-0.15, -0.1) is 0 Å². The van der Waals surface area contributed by atoms with Crippen molar-refractivity contribution < 1.29 is 9.47 Å². The van der Waals surface area contributed by atoms with E-state index in [1.54, 1.807) is 5.38 Å². The second-order valence-electron chi connectivity index (χ2n) is 3.33. The third kappa shape index (κ3) is 3.35. The molecule has 0 saturated heterocycles. The highest BCUT2D eigenvalue weighted by Crippen LogP contribution is 2.33. The van der Waals surface area contributed by atoms with Gasteiger partial charge >= 0.3 is 0 Å². The first-order valence-corrected chi connectivity index (χ1v) is 6.56. The van der Waals surface area contributed by atoms with Gasteiger partial charge < -0.3 is 9.47 Å².